The van der Waals surface area contributed by atoms with Gasteiger partial charge in [-0.15, -0.1) is 0 Å². The van der Waals surface area contributed by atoms with E-state index in [0.29, 0.717) is 55.4 Å². The molecular weight excluding hydrogens is 1250 g/mol. The third-order valence-corrected chi connectivity index (χ3v) is 16.7. The van der Waals surface area contributed by atoms with Crippen molar-refractivity contribution in [2.24, 2.45) is 51.0 Å². The van der Waals surface area contributed by atoms with Crippen LogP contribution in [0.1, 0.15) is 121 Å². The van der Waals surface area contributed by atoms with Crippen LogP contribution in [0.2, 0.25) is 0 Å². The number of aliphatic imine (C=N–C) groups is 1. The number of nitrogens with two attached hydrogens (primary N) is 7. The molecule has 2 heterocycles. The molecule has 4 rings (SSSR count). The van der Waals surface area contributed by atoms with Crippen LogP contribution < -0.4 is 82.7 Å². The molecule has 22 N–H and O–H groups in total. The predicted molar refractivity (Wildman–Crippen MR) is 356 cm³/mol. The number of nitrogens with zero attached hydrogens (tertiary/aromatic N) is 3. The standard InChI is InChI=1S/C63H98N18O13S/c1-37(2)33-45(57(89)74-41(53(68)85)27-32-95-3)73-52(84)36-72-54(86)46(34-38-15-6-4-7-16-38)78-58(90)47(35-39-17-8-5-9-18-39)79-56(88)42(23-25-50(66)82)75-55(87)43(24-26-51(67)83)76-59(91)49-22-14-31-81(49)62(94)44(20-10-11-28-64)77-60(92)48-21-13-30-80(48)61(93)40(65)19-12-29-71-63(69)70/h4-9,15-18,37,40-49H,10-14,19-36,64-65H2,1-3H3,(H2,66,82)(H2,67,83)(H2,68,85)(H,72,86)(H,73,84)(H,74,89)(H,75,87)(H,76,91)(H,77,92)(H,78,90)(H,79,88)(H4,69,70,71)/t40-,41+,42-,43-,44+,45+,46-,47-,48-,49-/m1/s1. The molecule has 2 aromatic carbocycles. The number of hydrogen-bond donors (Lipinski definition) is 15. The molecule has 0 radical (unpaired) electrons. The zero-order valence-corrected chi connectivity index (χ0v) is 55.3. The van der Waals surface area contributed by atoms with E-state index in [1.165, 1.54) is 21.6 Å². The lowest BCUT2D eigenvalue weighted by Gasteiger charge is -2.32. The van der Waals surface area contributed by atoms with E-state index in [1.54, 1.807) is 60.7 Å². The Kier molecular flexibility index (Phi) is 33.9. The lowest BCUT2D eigenvalue weighted by Crippen LogP contribution is -2.60. The molecule has 95 heavy (non-hydrogen) atoms. The number of benzene rings is 2. The van der Waals surface area contributed by atoms with Gasteiger partial charge in [0.1, 0.15) is 54.4 Å². The molecule has 2 fully saturated rings. The van der Waals surface area contributed by atoms with E-state index >= 15 is 0 Å². The van der Waals surface area contributed by atoms with Crippen LogP contribution in [0, 0.1) is 5.92 Å². The predicted octanol–water partition coefficient (Wildman–Crippen LogP) is -3.71. The van der Waals surface area contributed by atoms with Gasteiger partial charge in [0.15, 0.2) is 5.96 Å². The van der Waals surface area contributed by atoms with Gasteiger partial charge >= 0.3 is 0 Å². The number of unbranched alkanes of at least 4 members (excludes halogenated alkanes) is 1. The summed E-state index contributed by atoms with van der Waals surface area (Å²) in [6.45, 7) is 3.86. The van der Waals surface area contributed by atoms with E-state index in [0.717, 1.165) is 0 Å². The Morgan fingerprint density at radius 1 is 0.537 bits per heavy atom. The van der Waals surface area contributed by atoms with E-state index in [2.05, 4.69) is 47.5 Å². The Morgan fingerprint density at radius 3 is 1.51 bits per heavy atom. The number of amides is 13. The lowest BCUT2D eigenvalue weighted by molar-refractivity contribution is -0.144. The zero-order valence-electron chi connectivity index (χ0n) is 54.5. The van der Waals surface area contributed by atoms with Gasteiger partial charge < -0.3 is 92.5 Å². The van der Waals surface area contributed by atoms with Gasteiger partial charge in [-0.3, -0.25) is 67.3 Å². The second-order valence-corrected chi connectivity index (χ2v) is 25.1. The highest BCUT2D eigenvalue weighted by molar-refractivity contribution is 7.98. The lowest BCUT2D eigenvalue weighted by atomic mass is 10.0. The maximum atomic E-state index is 14.7. The van der Waals surface area contributed by atoms with Gasteiger partial charge in [0.25, 0.3) is 0 Å². The Hall–Kier alpha value is -8.91. The first-order chi connectivity index (χ1) is 45.2. The molecule has 0 aliphatic carbocycles. The number of carbonyl (C=O) groups is 13. The van der Waals surface area contributed by atoms with Gasteiger partial charge in [0.2, 0.25) is 76.8 Å². The summed E-state index contributed by atoms with van der Waals surface area (Å²) >= 11 is 1.45. The van der Waals surface area contributed by atoms with E-state index in [9.17, 15) is 62.3 Å². The number of carbonyl (C=O) groups excluding carboxylic acids is 13. The second kappa shape index (κ2) is 41.0. The highest BCUT2D eigenvalue weighted by Crippen LogP contribution is 2.24. The summed E-state index contributed by atoms with van der Waals surface area (Å²) in [6, 6.07) is 4.51. The minimum Gasteiger partial charge on any atom is -0.370 e. The maximum Gasteiger partial charge on any atom is 0.245 e. The molecule has 0 spiro atoms. The fourth-order valence-electron chi connectivity index (χ4n) is 11.0. The van der Waals surface area contributed by atoms with Crippen LogP contribution in [-0.4, -0.2) is 198 Å². The van der Waals surface area contributed by atoms with Crippen molar-refractivity contribution in [3.8, 4) is 0 Å². The van der Waals surface area contributed by atoms with Gasteiger partial charge in [-0.05, 0) is 119 Å². The fourth-order valence-corrected chi connectivity index (χ4v) is 11.5. The van der Waals surface area contributed by atoms with Crippen molar-refractivity contribution in [1.29, 1.82) is 0 Å². The number of primary amides is 3. The molecule has 10 atom stereocenters. The molecule has 0 saturated carbocycles. The van der Waals surface area contributed by atoms with Crippen molar-refractivity contribution in [2.45, 2.75) is 183 Å². The number of hydrogen-bond acceptors (Lipinski definition) is 17. The molecule has 2 saturated heterocycles. The summed E-state index contributed by atoms with van der Waals surface area (Å²) in [5, 5.41) is 21.1. The van der Waals surface area contributed by atoms with Crippen LogP contribution in [0.15, 0.2) is 65.7 Å². The SMILES string of the molecule is CSCC[C@H](NC(=O)[C@H](CC(C)C)NC(=O)CNC(=O)[C@@H](Cc1ccccc1)NC(=O)[C@@H](Cc1ccccc1)NC(=O)[C@@H](CCC(N)=O)NC(=O)[C@@H](CCC(N)=O)NC(=O)[C@H]1CCCN1C(=O)[C@H](CCCCN)NC(=O)[C@H]1CCCN1C(=O)[C@H](N)CCCN=C(N)N)C(N)=O. The Morgan fingerprint density at radius 2 is 1.01 bits per heavy atom. The molecule has 0 bridgehead atoms. The van der Waals surface area contributed by atoms with Crippen LogP contribution in [-0.2, 0) is 75.2 Å². The first-order valence-electron chi connectivity index (χ1n) is 32.2. The average molecular weight is 1350 g/mol. The monoisotopic (exact) mass is 1350 g/mol. The molecule has 32 heteroatoms. The Bertz CT molecular complexity index is 2960. The minimum atomic E-state index is -1.64. The van der Waals surface area contributed by atoms with E-state index in [4.69, 9.17) is 40.1 Å². The first kappa shape index (κ1) is 78.5. The maximum absolute atomic E-state index is 14.7. The van der Waals surface area contributed by atoms with Crippen LogP contribution in [0.5, 0.6) is 0 Å². The average Bonchev–Trinajstić information content (AvgIpc) is 1.74. The van der Waals surface area contributed by atoms with Gasteiger partial charge in [-0.2, -0.15) is 11.8 Å². The summed E-state index contributed by atoms with van der Waals surface area (Å²) in [4.78, 5) is 185. The molecule has 2 aliphatic rings. The third kappa shape index (κ3) is 27.5. The minimum absolute atomic E-state index is 0.0736. The van der Waals surface area contributed by atoms with E-state index < -0.39 is 169 Å². The van der Waals surface area contributed by atoms with Crippen molar-refractivity contribution in [3.63, 3.8) is 0 Å². The second-order valence-electron chi connectivity index (χ2n) is 24.1. The molecule has 13 amide bonds. The number of likely N-dealkylation sites (tertiary alicyclic amines) is 2. The topological polar surface area (TPSA) is 519 Å². The number of rotatable bonds is 42. The third-order valence-electron chi connectivity index (χ3n) is 16.0. The van der Waals surface area contributed by atoms with Gasteiger partial charge in [0.05, 0.1) is 12.6 Å². The molecule has 0 aromatic heterocycles. The van der Waals surface area contributed by atoms with Crippen LogP contribution in [0.25, 0.3) is 0 Å². The molecule has 2 aromatic rings. The highest BCUT2D eigenvalue weighted by atomic mass is 32.2. The summed E-state index contributed by atoms with van der Waals surface area (Å²) in [6.07, 6.45) is 3.12. The van der Waals surface area contributed by atoms with Crippen molar-refractivity contribution in [3.05, 3.63) is 71.8 Å². The normalized spacial score (nSPS) is 16.8. The zero-order chi connectivity index (χ0) is 70.1. The van der Waals surface area contributed by atoms with Crippen molar-refractivity contribution in [2.75, 3.05) is 44.7 Å². The van der Waals surface area contributed by atoms with Crippen molar-refractivity contribution >= 4 is 94.5 Å². The smallest absolute Gasteiger partial charge is 0.245 e. The van der Waals surface area contributed by atoms with Gasteiger partial charge in [-0.1, -0.05) is 74.5 Å². The molecular formula is C63H98N18O13S. The van der Waals surface area contributed by atoms with Crippen LogP contribution in [0.3, 0.4) is 0 Å². The molecule has 31 nitrogen and oxygen atoms in total. The van der Waals surface area contributed by atoms with Crippen molar-refractivity contribution in [1.82, 2.24) is 52.3 Å². The first-order valence-corrected chi connectivity index (χ1v) is 33.6. The molecule has 0 unspecified atom stereocenters. The highest BCUT2D eigenvalue weighted by Gasteiger charge is 2.42. The summed E-state index contributed by atoms with van der Waals surface area (Å²) < 4.78 is 0. The Balaban J connectivity index is 1.56. The van der Waals surface area contributed by atoms with Crippen LogP contribution >= 0.6 is 11.8 Å². The fraction of sp³-hybridized carbons (Fsp3) is 0.587. The molecule has 524 valence electrons. The summed E-state index contributed by atoms with van der Waals surface area (Å²) in [5.41, 5.74) is 40.6. The van der Waals surface area contributed by atoms with E-state index in [-0.39, 0.29) is 83.0 Å². The number of thioether (sulfide) groups is 1. The number of guanidine groups is 1. The summed E-state index contributed by atoms with van der Waals surface area (Å²) in [7, 11) is 0. The summed E-state index contributed by atoms with van der Waals surface area (Å²) in [5.74, 6) is -9.80. The molecule has 2 aliphatic heterocycles. The van der Waals surface area contributed by atoms with Gasteiger partial charge in [-0.25, -0.2) is 0 Å². The van der Waals surface area contributed by atoms with Gasteiger partial charge in [0, 0.05) is 45.3 Å². The number of nitrogens with one attached hydrogen (secondary N) is 8. The quantitative estimate of drug-likeness (QED) is 0.0173. The Labute approximate surface area is 558 Å². The van der Waals surface area contributed by atoms with Crippen molar-refractivity contribution < 1.29 is 62.3 Å². The van der Waals surface area contributed by atoms with Crippen LogP contribution in [0.4, 0.5) is 0 Å². The van der Waals surface area contributed by atoms with E-state index in [1.807, 2.05) is 20.1 Å². The largest absolute Gasteiger partial charge is 0.370 e.